The number of thiazole rings is 1. The summed E-state index contributed by atoms with van der Waals surface area (Å²) < 4.78 is 0. The van der Waals surface area contributed by atoms with Gasteiger partial charge in [-0.05, 0) is 25.7 Å². The van der Waals surface area contributed by atoms with E-state index < -0.39 is 0 Å². The van der Waals surface area contributed by atoms with Crippen LogP contribution >= 0.6 is 11.3 Å². The number of amides is 1. The molecule has 2 rings (SSSR count). The summed E-state index contributed by atoms with van der Waals surface area (Å²) >= 11 is 1.23. The molecule has 0 aliphatic heterocycles. The fraction of sp³-hybridized carbons (Fsp3) is 0.600. The Morgan fingerprint density at radius 2 is 2.47 bits per heavy atom. The predicted molar refractivity (Wildman–Crippen MR) is 60.8 cm³/mol. The number of hydrogen-bond donors (Lipinski definition) is 2. The van der Waals surface area contributed by atoms with Crippen molar-refractivity contribution < 1.29 is 4.79 Å². The second kappa shape index (κ2) is 4.18. The van der Waals surface area contributed by atoms with Crippen LogP contribution in [-0.2, 0) is 0 Å². The maximum absolute atomic E-state index is 11.7. The number of carbonyl (C=O) groups excluding carboxylic acids is 1. The van der Waals surface area contributed by atoms with E-state index in [0.717, 1.165) is 0 Å². The average molecular weight is 225 g/mol. The zero-order valence-electron chi connectivity index (χ0n) is 8.69. The van der Waals surface area contributed by atoms with Crippen LogP contribution in [0.15, 0.2) is 6.20 Å². The van der Waals surface area contributed by atoms with Crippen molar-refractivity contribution in [3.63, 3.8) is 0 Å². The fourth-order valence-electron chi connectivity index (χ4n) is 1.73. The molecule has 1 aliphatic rings. The van der Waals surface area contributed by atoms with Crippen LogP contribution in [0.5, 0.6) is 0 Å². The number of nitrogen functional groups attached to an aromatic ring is 1. The second-order valence-electron chi connectivity index (χ2n) is 4.02. The van der Waals surface area contributed by atoms with E-state index in [1.54, 1.807) is 0 Å². The summed E-state index contributed by atoms with van der Waals surface area (Å²) in [5.41, 5.74) is 5.47. The number of aromatic nitrogens is 1. The van der Waals surface area contributed by atoms with Gasteiger partial charge in [0.05, 0.1) is 6.20 Å². The van der Waals surface area contributed by atoms with Crippen molar-refractivity contribution in [3.8, 4) is 0 Å². The van der Waals surface area contributed by atoms with Crippen LogP contribution in [-0.4, -0.2) is 16.9 Å². The molecule has 82 valence electrons. The predicted octanol–water partition coefficient (Wildman–Crippen LogP) is 1.64. The van der Waals surface area contributed by atoms with Gasteiger partial charge in [-0.25, -0.2) is 4.98 Å². The molecule has 1 aliphatic carbocycles. The number of anilines is 1. The van der Waals surface area contributed by atoms with Crippen molar-refractivity contribution >= 4 is 22.4 Å². The largest absolute Gasteiger partial charge is 0.375 e. The molecule has 0 spiro atoms. The first-order valence-electron chi connectivity index (χ1n) is 5.19. The van der Waals surface area contributed by atoms with E-state index in [-0.39, 0.29) is 11.9 Å². The van der Waals surface area contributed by atoms with E-state index >= 15 is 0 Å². The monoisotopic (exact) mass is 225 g/mol. The summed E-state index contributed by atoms with van der Waals surface area (Å²) in [5.74, 6) is 0.600. The van der Waals surface area contributed by atoms with Crippen molar-refractivity contribution in [3.05, 3.63) is 11.1 Å². The van der Waals surface area contributed by atoms with Gasteiger partial charge in [-0.3, -0.25) is 4.79 Å². The van der Waals surface area contributed by atoms with Gasteiger partial charge in [0, 0.05) is 6.04 Å². The highest BCUT2D eigenvalue weighted by Crippen LogP contribution is 2.29. The number of nitrogens with two attached hydrogens (primary N) is 1. The maximum atomic E-state index is 11.7. The number of nitrogens with zero attached hydrogens (tertiary/aromatic N) is 1. The molecule has 0 saturated heterocycles. The summed E-state index contributed by atoms with van der Waals surface area (Å²) in [7, 11) is 0. The van der Waals surface area contributed by atoms with Gasteiger partial charge in [0.1, 0.15) is 4.88 Å². The highest BCUT2D eigenvalue weighted by molar-refractivity contribution is 7.17. The van der Waals surface area contributed by atoms with E-state index in [9.17, 15) is 4.79 Å². The summed E-state index contributed by atoms with van der Waals surface area (Å²) in [4.78, 5) is 16.2. The number of nitrogens with one attached hydrogen (secondary N) is 1. The van der Waals surface area contributed by atoms with Gasteiger partial charge in [-0.15, -0.1) is 0 Å². The highest BCUT2D eigenvalue weighted by Gasteiger charge is 2.25. The Hall–Kier alpha value is -1.10. The van der Waals surface area contributed by atoms with Gasteiger partial charge in [0.15, 0.2) is 5.13 Å². The first-order valence-corrected chi connectivity index (χ1v) is 6.00. The average Bonchev–Trinajstić information content (AvgIpc) is 2.48. The van der Waals surface area contributed by atoms with E-state index in [1.807, 2.05) is 0 Å². The maximum Gasteiger partial charge on any atom is 0.263 e. The third kappa shape index (κ3) is 2.28. The number of carbonyl (C=O) groups is 1. The van der Waals surface area contributed by atoms with Gasteiger partial charge < -0.3 is 11.1 Å². The van der Waals surface area contributed by atoms with Crippen molar-refractivity contribution in [2.45, 2.75) is 32.2 Å². The molecule has 1 saturated carbocycles. The van der Waals surface area contributed by atoms with Gasteiger partial charge in [0.25, 0.3) is 5.91 Å². The van der Waals surface area contributed by atoms with Crippen molar-refractivity contribution in [2.24, 2.45) is 5.92 Å². The molecule has 5 heteroatoms. The lowest BCUT2D eigenvalue weighted by Crippen LogP contribution is -2.40. The van der Waals surface area contributed by atoms with Gasteiger partial charge in [-0.2, -0.15) is 0 Å². The zero-order valence-corrected chi connectivity index (χ0v) is 9.51. The molecule has 1 atom stereocenters. The normalized spacial score (nSPS) is 18.2. The quantitative estimate of drug-likeness (QED) is 0.821. The molecule has 0 aromatic carbocycles. The zero-order chi connectivity index (χ0) is 10.8. The Bertz CT molecular complexity index is 359. The van der Waals surface area contributed by atoms with Crippen LogP contribution in [0.3, 0.4) is 0 Å². The Kier molecular flexibility index (Phi) is 2.90. The van der Waals surface area contributed by atoms with Crippen LogP contribution in [0, 0.1) is 5.92 Å². The molecule has 1 amide bonds. The van der Waals surface area contributed by atoms with E-state index in [1.165, 1.54) is 36.8 Å². The molecule has 1 unspecified atom stereocenters. The molecule has 4 nitrogen and oxygen atoms in total. The van der Waals surface area contributed by atoms with Gasteiger partial charge in [0.2, 0.25) is 0 Å². The Balaban J connectivity index is 1.91. The molecule has 1 fully saturated rings. The smallest absolute Gasteiger partial charge is 0.263 e. The van der Waals surface area contributed by atoms with Crippen LogP contribution in [0.2, 0.25) is 0 Å². The Labute approximate surface area is 92.9 Å². The lowest BCUT2D eigenvalue weighted by molar-refractivity contribution is 0.0913. The van der Waals surface area contributed by atoms with Crippen LogP contribution in [0.4, 0.5) is 5.13 Å². The minimum atomic E-state index is -0.0522. The fourth-order valence-corrected chi connectivity index (χ4v) is 2.32. The van der Waals surface area contributed by atoms with E-state index in [0.29, 0.717) is 15.9 Å². The highest BCUT2D eigenvalue weighted by atomic mass is 32.1. The summed E-state index contributed by atoms with van der Waals surface area (Å²) in [5, 5.41) is 3.43. The molecule has 1 aromatic heterocycles. The summed E-state index contributed by atoms with van der Waals surface area (Å²) in [6.45, 7) is 2.06. The SMILES string of the molecule is CC(NC(=O)c1cnc(N)s1)C1CCC1. The van der Waals surface area contributed by atoms with Crippen molar-refractivity contribution in [2.75, 3.05) is 5.73 Å². The van der Waals surface area contributed by atoms with Gasteiger partial charge >= 0.3 is 0 Å². The molecule has 1 aromatic rings. The molecule has 0 radical (unpaired) electrons. The van der Waals surface area contributed by atoms with Crippen LogP contribution < -0.4 is 11.1 Å². The number of rotatable bonds is 3. The first kappa shape index (κ1) is 10.4. The standard InChI is InChI=1S/C10H15N3OS/c1-6(7-3-2-4-7)13-9(14)8-5-12-10(11)15-8/h5-7H,2-4H2,1H3,(H2,11,12)(H,13,14). The van der Waals surface area contributed by atoms with Crippen LogP contribution in [0.25, 0.3) is 0 Å². The van der Waals surface area contributed by atoms with Crippen molar-refractivity contribution in [1.82, 2.24) is 10.3 Å². The molecule has 3 N–H and O–H groups in total. The minimum absolute atomic E-state index is 0.0522. The minimum Gasteiger partial charge on any atom is -0.375 e. The van der Waals surface area contributed by atoms with Gasteiger partial charge in [-0.1, -0.05) is 17.8 Å². The lowest BCUT2D eigenvalue weighted by Gasteiger charge is -2.31. The van der Waals surface area contributed by atoms with Crippen LogP contribution in [0.1, 0.15) is 35.9 Å². The topological polar surface area (TPSA) is 68.0 Å². The Morgan fingerprint density at radius 3 is 2.93 bits per heavy atom. The second-order valence-corrected chi connectivity index (χ2v) is 5.08. The third-order valence-corrected chi connectivity index (χ3v) is 3.79. The molecule has 15 heavy (non-hydrogen) atoms. The summed E-state index contributed by atoms with van der Waals surface area (Å²) in [6.07, 6.45) is 5.28. The molecular formula is C10H15N3OS. The summed E-state index contributed by atoms with van der Waals surface area (Å²) in [6, 6.07) is 0.259. The van der Waals surface area contributed by atoms with E-state index in [4.69, 9.17) is 5.73 Å². The Morgan fingerprint density at radius 1 is 1.73 bits per heavy atom. The van der Waals surface area contributed by atoms with E-state index in [2.05, 4.69) is 17.2 Å². The molecule has 1 heterocycles. The number of hydrogen-bond acceptors (Lipinski definition) is 4. The third-order valence-electron chi connectivity index (χ3n) is 2.96. The lowest BCUT2D eigenvalue weighted by atomic mass is 9.80. The van der Waals surface area contributed by atoms with Crippen molar-refractivity contribution in [1.29, 1.82) is 0 Å². The molecular weight excluding hydrogens is 210 g/mol. The molecule has 0 bridgehead atoms. The first-order chi connectivity index (χ1) is 7.16.